The predicted octanol–water partition coefficient (Wildman–Crippen LogP) is 1.51. The SMILES string of the molecule is CCC(C)NC(=O)c1cccc(CNC(=NC)NC)c1. The molecule has 0 fully saturated rings. The Bertz CT molecular complexity index is 471. The molecule has 0 aliphatic carbocycles. The number of carbonyl (C=O) groups is 1. The third-order valence-corrected chi connectivity index (χ3v) is 3.10. The van der Waals surface area contributed by atoms with Gasteiger partial charge in [0.05, 0.1) is 0 Å². The molecule has 3 N–H and O–H groups in total. The van der Waals surface area contributed by atoms with Crippen molar-refractivity contribution in [3.05, 3.63) is 35.4 Å². The zero-order chi connectivity index (χ0) is 15.0. The molecular weight excluding hydrogens is 252 g/mol. The van der Waals surface area contributed by atoms with E-state index in [2.05, 4.69) is 27.9 Å². The molecule has 0 saturated carbocycles. The van der Waals surface area contributed by atoms with Crippen molar-refractivity contribution >= 4 is 11.9 Å². The van der Waals surface area contributed by atoms with Crippen LogP contribution in [-0.2, 0) is 6.54 Å². The largest absolute Gasteiger partial charge is 0.359 e. The fourth-order valence-electron chi connectivity index (χ4n) is 1.70. The molecule has 20 heavy (non-hydrogen) atoms. The maximum atomic E-state index is 12.0. The molecule has 0 heterocycles. The monoisotopic (exact) mass is 276 g/mol. The van der Waals surface area contributed by atoms with Crippen LogP contribution in [0.5, 0.6) is 0 Å². The fourth-order valence-corrected chi connectivity index (χ4v) is 1.70. The Morgan fingerprint density at radius 3 is 2.75 bits per heavy atom. The minimum Gasteiger partial charge on any atom is -0.359 e. The van der Waals surface area contributed by atoms with Crippen molar-refractivity contribution in [3.8, 4) is 0 Å². The van der Waals surface area contributed by atoms with E-state index in [4.69, 9.17) is 0 Å². The topological polar surface area (TPSA) is 65.5 Å². The van der Waals surface area contributed by atoms with E-state index in [0.717, 1.165) is 17.9 Å². The molecule has 0 aliphatic rings. The molecule has 0 aliphatic heterocycles. The van der Waals surface area contributed by atoms with E-state index in [-0.39, 0.29) is 11.9 Å². The molecule has 5 nitrogen and oxygen atoms in total. The van der Waals surface area contributed by atoms with Crippen LogP contribution in [0.25, 0.3) is 0 Å². The van der Waals surface area contributed by atoms with Gasteiger partial charge >= 0.3 is 0 Å². The molecule has 1 aromatic carbocycles. The highest BCUT2D eigenvalue weighted by Gasteiger charge is 2.08. The highest BCUT2D eigenvalue weighted by Crippen LogP contribution is 2.06. The summed E-state index contributed by atoms with van der Waals surface area (Å²) in [5.74, 6) is 0.693. The lowest BCUT2D eigenvalue weighted by Gasteiger charge is -2.12. The first-order chi connectivity index (χ1) is 9.60. The van der Waals surface area contributed by atoms with Gasteiger partial charge in [-0.25, -0.2) is 0 Å². The van der Waals surface area contributed by atoms with Crippen LogP contribution < -0.4 is 16.0 Å². The maximum absolute atomic E-state index is 12.0. The number of benzene rings is 1. The lowest BCUT2D eigenvalue weighted by atomic mass is 10.1. The van der Waals surface area contributed by atoms with Crippen LogP contribution in [-0.4, -0.2) is 32.0 Å². The van der Waals surface area contributed by atoms with Crippen LogP contribution in [0.1, 0.15) is 36.2 Å². The van der Waals surface area contributed by atoms with E-state index < -0.39 is 0 Å². The van der Waals surface area contributed by atoms with Crippen LogP contribution in [0.15, 0.2) is 29.3 Å². The van der Waals surface area contributed by atoms with E-state index in [1.54, 1.807) is 7.05 Å². The average Bonchev–Trinajstić information content (AvgIpc) is 2.48. The summed E-state index contributed by atoms with van der Waals surface area (Å²) in [6.45, 7) is 4.67. The van der Waals surface area contributed by atoms with Crippen molar-refractivity contribution in [2.75, 3.05) is 14.1 Å². The molecule has 1 unspecified atom stereocenters. The Hall–Kier alpha value is -2.04. The Morgan fingerprint density at radius 1 is 1.40 bits per heavy atom. The Morgan fingerprint density at radius 2 is 2.15 bits per heavy atom. The highest BCUT2D eigenvalue weighted by atomic mass is 16.1. The molecule has 1 aromatic rings. The number of guanidine groups is 1. The van der Waals surface area contributed by atoms with Crippen molar-refractivity contribution in [3.63, 3.8) is 0 Å². The van der Waals surface area contributed by atoms with Gasteiger partial charge in [0.1, 0.15) is 0 Å². The van der Waals surface area contributed by atoms with Crippen molar-refractivity contribution in [1.82, 2.24) is 16.0 Å². The number of amides is 1. The van der Waals surface area contributed by atoms with Gasteiger partial charge in [0.15, 0.2) is 5.96 Å². The standard InChI is InChI=1S/C15H24N4O/c1-5-11(2)19-14(20)13-8-6-7-12(9-13)10-18-15(16-3)17-4/h6-9,11H,5,10H2,1-4H3,(H,19,20)(H2,16,17,18). The lowest BCUT2D eigenvalue weighted by Crippen LogP contribution is -2.34. The van der Waals surface area contributed by atoms with E-state index in [0.29, 0.717) is 12.1 Å². The number of nitrogens with zero attached hydrogens (tertiary/aromatic N) is 1. The molecule has 0 spiro atoms. The number of rotatable bonds is 5. The third-order valence-electron chi connectivity index (χ3n) is 3.10. The van der Waals surface area contributed by atoms with Crippen LogP contribution in [0.3, 0.4) is 0 Å². The van der Waals surface area contributed by atoms with Crippen molar-refractivity contribution in [2.45, 2.75) is 32.9 Å². The molecule has 0 aromatic heterocycles. The second kappa shape index (κ2) is 8.19. The number of nitrogens with one attached hydrogen (secondary N) is 3. The van der Waals surface area contributed by atoms with Gasteiger partial charge in [0.25, 0.3) is 5.91 Å². The van der Waals surface area contributed by atoms with Gasteiger partial charge < -0.3 is 16.0 Å². The molecule has 0 saturated heterocycles. The molecule has 1 rings (SSSR count). The molecular formula is C15H24N4O. The van der Waals surface area contributed by atoms with Crippen LogP contribution in [0.4, 0.5) is 0 Å². The number of carbonyl (C=O) groups excluding carboxylic acids is 1. The quantitative estimate of drug-likeness (QED) is 0.564. The number of hydrogen-bond donors (Lipinski definition) is 3. The van der Waals surface area contributed by atoms with Gasteiger partial charge in [0, 0.05) is 32.2 Å². The third kappa shape index (κ3) is 4.91. The van der Waals surface area contributed by atoms with E-state index in [1.165, 1.54) is 0 Å². The van der Waals surface area contributed by atoms with Crippen LogP contribution in [0.2, 0.25) is 0 Å². The minimum absolute atomic E-state index is 0.0285. The summed E-state index contributed by atoms with van der Waals surface area (Å²) in [4.78, 5) is 16.1. The second-order valence-corrected chi connectivity index (χ2v) is 4.66. The van der Waals surface area contributed by atoms with Gasteiger partial charge in [0.2, 0.25) is 0 Å². The van der Waals surface area contributed by atoms with Crippen LogP contribution >= 0.6 is 0 Å². The molecule has 5 heteroatoms. The summed E-state index contributed by atoms with van der Waals surface area (Å²) in [5.41, 5.74) is 1.72. The predicted molar refractivity (Wildman–Crippen MR) is 82.9 cm³/mol. The lowest BCUT2D eigenvalue weighted by molar-refractivity contribution is 0.0939. The Labute approximate surface area is 120 Å². The molecule has 110 valence electrons. The van der Waals surface area contributed by atoms with Crippen molar-refractivity contribution in [1.29, 1.82) is 0 Å². The smallest absolute Gasteiger partial charge is 0.251 e. The van der Waals surface area contributed by atoms with Gasteiger partial charge in [-0.1, -0.05) is 19.1 Å². The maximum Gasteiger partial charge on any atom is 0.251 e. The summed E-state index contributed by atoms with van der Waals surface area (Å²) in [6, 6.07) is 7.79. The van der Waals surface area contributed by atoms with Gasteiger partial charge in [-0.05, 0) is 31.0 Å². The van der Waals surface area contributed by atoms with Crippen LogP contribution in [0, 0.1) is 0 Å². The van der Waals surface area contributed by atoms with E-state index in [9.17, 15) is 4.79 Å². The highest BCUT2D eigenvalue weighted by molar-refractivity contribution is 5.94. The zero-order valence-corrected chi connectivity index (χ0v) is 12.7. The molecule has 0 bridgehead atoms. The Kier molecular flexibility index (Phi) is 6.56. The summed E-state index contributed by atoms with van der Waals surface area (Å²) in [7, 11) is 3.53. The summed E-state index contributed by atoms with van der Waals surface area (Å²) >= 11 is 0. The number of hydrogen-bond acceptors (Lipinski definition) is 2. The first-order valence-corrected chi connectivity index (χ1v) is 6.88. The second-order valence-electron chi connectivity index (χ2n) is 4.66. The fraction of sp³-hybridized carbons (Fsp3) is 0.467. The first-order valence-electron chi connectivity index (χ1n) is 6.88. The van der Waals surface area contributed by atoms with Crippen molar-refractivity contribution in [2.24, 2.45) is 4.99 Å². The van der Waals surface area contributed by atoms with E-state index in [1.807, 2.05) is 38.2 Å². The molecule has 0 radical (unpaired) electrons. The van der Waals surface area contributed by atoms with Gasteiger partial charge in [-0.3, -0.25) is 9.79 Å². The Balaban J connectivity index is 2.68. The van der Waals surface area contributed by atoms with Gasteiger partial charge in [-0.2, -0.15) is 0 Å². The molecule has 1 atom stereocenters. The molecule has 1 amide bonds. The zero-order valence-electron chi connectivity index (χ0n) is 12.7. The number of aliphatic imine (C=N–C) groups is 1. The average molecular weight is 276 g/mol. The van der Waals surface area contributed by atoms with Crippen molar-refractivity contribution < 1.29 is 4.79 Å². The summed E-state index contributed by atoms with van der Waals surface area (Å²) in [6.07, 6.45) is 0.922. The van der Waals surface area contributed by atoms with Gasteiger partial charge in [-0.15, -0.1) is 0 Å². The summed E-state index contributed by atoms with van der Waals surface area (Å²) in [5, 5.41) is 9.08. The summed E-state index contributed by atoms with van der Waals surface area (Å²) < 4.78 is 0. The minimum atomic E-state index is -0.0285. The first kappa shape index (κ1) is 16.0. The van der Waals surface area contributed by atoms with E-state index >= 15 is 0 Å². The normalized spacial score (nSPS) is 12.7.